The van der Waals surface area contributed by atoms with E-state index in [4.69, 9.17) is 16.8 Å². The molecule has 0 aliphatic carbocycles. The molecule has 0 fully saturated rings. The van der Waals surface area contributed by atoms with E-state index in [-0.39, 0.29) is 17.2 Å². The summed E-state index contributed by atoms with van der Waals surface area (Å²) >= 11 is 11.1. The summed E-state index contributed by atoms with van der Waals surface area (Å²) in [6, 6.07) is 13.4. The highest BCUT2D eigenvalue weighted by Gasteiger charge is 2.21. The van der Waals surface area contributed by atoms with E-state index in [2.05, 4.69) is 34.1 Å². The summed E-state index contributed by atoms with van der Waals surface area (Å²) in [4.78, 5) is 24.8. The summed E-state index contributed by atoms with van der Waals surface area (Å²) in [6.07, 6.45) is 2.41. The smallest absolute Gasteiger partial charge is 0.357 e. The molecular formula is C19H23N5O5S4. The van der Waals surface area contributed by atoms with Gasteiger partial charge in [0.2, 0.25) is 5.91 Å². The number of benzene rings is 2. The second-order valence-corrected chi connectivity index (χ2v) is 9.61. The molecule has 0 bridgehead atoms. The van der Waals surface area contributed by atoms with Crippen molar-refractivity contribution in [1.29, 1.82) is 0 Å². The largest absolute Gasteiger partial charge is 0.373 e. The first-order chi connectivity index (χ1) is 15.6. The normalized spacial score (nSPS) is 12.7. The zero-order valence-corrected chi connectivity index (χ0v) is 20.7. The molecule has 2 unspecified atom stereocenters. The van der Waals surface area contributed by atoms with Gasteiger partial charge in [-0.05, 0) is 60.9 Å². The number of rotatable bonds is 10. The van der Waals surface area contributed by atoms with Crippen molar-refractivity contribution >= 4 is 81.3 Å². The lowest BCUT2D eigenvalue weighted by molar-refractivity contribution is -0.124. The molecule has 2 atom stereocenters. The molecule has 10 nitrogen and oxygen atoms in total. The number of hydrogen-bond donors (Lipinski definition) is 7. The van der Waals surface area contributed by atoms with E-state index in [1.54, 1.807) is 11.8 Å². The zero-order chi connectivity index (χ0) is 24.4. The summed E-state index contributed by atoms with van der Waals surface area (Å²) in [5.74, 6) is -1.24. The predicted octanol–water partition coefficient (Wildman–Crippen LogP) is 2.51. The Morgan fingerprint density at radius 2 is 1.82 bits per heavy atom. The van der Waals surface area contributed by atoms with Crippen LogP contribution in [-0.2, 0) is 19.9 Å². The number of thiocarbonyl (C=S) groups is 1. The average molecular weight is 530 g/mol. The third-order valence-electron chi connectivity index (χ3n) is 4.09. The van der Waals surface area contributed by atoms with Gasteiger partial charge in [-0.15, -0.1) is 11.8 Å². The molecule has 0 aliphatic rings. The number of thiol groups is 1. The third-order valence-corrected chi connectivity index (χ3v) is 6.03. The van der Waals surface area contributed by atoms with Gasteiger partial charge in [-0.25, -0.2) is 0 Å². The van der Waals surface area contributed by atoms with Crippen LogP contribution in [0.3, 0.4) is 0 Å². The number of hydrazine groups is 1. The lowest BCUT2D eigenvalue weighted by Crippen LogP contribution is -2.45. The fourth-order valence-electron chi connectivity index (χ4n) is 2.55. The van der Waals surface area contributed by atoms with Crippen molar-refractivity contribution in [1.82, 2.24) is 10.9 Å². The first kappa shape index (κ1) is 26.7. The molecule has 0 radical (unpaired) electrons. The van der Waals surface area contributed by atoms with Crippen molar-refractivity contribution < 1.29 is 22.6 Å². The standard InChI is InChI=1S/C19H23N5O5S4/c1-32-16-4-2-3-15(10-16)21-19(31)23-22-17(26)9-12(11-25)18(30)20-13-5-7-14(8-6-13)24-33(27,28)29/h2-8,10-12,18,20,24,30H,9H2,1H3,(H,22,26)(H2,21,23,31)(H,27,28,29). The van der Waals surface area contributed by atoms with Crippen LogP contribution in [0, 0.1) is 5.92 Å². The van der Waals surface area contributed by atoms with Gasteiger partial charge in [0, 0.05) is 22.7 Å². The second kappa shape index (κ2) is 12.6. The Bertz CT molecular complexity index is 1080. The Morgan fingerprint density at radius 3 is 2.42 bits per heavy atom. The zero-order valence-electron chi connectivity index (χ0n) is 17.3. The van der Waals surface area contributed by atoms with Gasteiger partial charge in [0.25, 0.3) is 0 Å². The maximum Gasteiger partial charge on any atom is 0.357 e. The van der Waals surface area contributed by atoms with Gasteiger partial charge in [0.15, 0.2) is 5.11 Å². The molecule has 2 aromatic rings. The molecule has 6 N–H and O–H groups in total. The van der Waals surface area contributed by atoms with Crippen molar-refractivity contribution in [2.45, 2.75) is 16.7 Å². The SMILES string of the molecule is CSc1cccc(NC(=S)NNC(=O)CC(C=O)C(S)Nc2ccc(NS(=O)(=O)O)cc2)c1. The van der Waals surface area contributed by atoms with Crippen molar-refractivity contribution in [3.05, 3.63) is 48.5 Å². The van der Waals surface area contributed by atoms with Crippen LogP contribution in [0.2, 0.25) is 0 Å². The number of anilines is 3. The molecule has 2 aromatic carbocycles. The Morgan fingerprint density at radius 1 is 1.15 bits per heavy atom. The van der Waals surface area contributed by atoms with E-state index >= 15 is 0 Å². The summed E-state index contributed by atoms with van der Waals surface area (Å²) < 4.78 is 32.4. The highest BCUT2D eigenvalue weighted by molar-refractivity contribution is 7.98. The van der Waals surface area contributed by atoms with E-state index in [1.165, 1.54) is 24.3 Å². The molecular weight excluding hydrogens is 507 g/mol. The van der Waals surface area contributed by atoms with Crippen molar-refractivity contribution in [2.24, 2.45) is 5.92 Å². The molecule has 0 saturated heterocycles. The molecule has 2 rings (SSSR count). The monoisotopic (exact) mass is 529 g/mol. The molecule has 14 heteroatoms. The molecule has 0 spiro atoms. The molecule has 0 aromatic heterocycles. The van der Waals surface area contributed by atoms with Gasteiger partial charge < -0.3 is 15.4 Å². The van der Waals surface area contributed by atoms with Gasteiger partial charge in [-0.3, -0.25) is 24.9 Å². The van der Waals surface area contributed by atoms with Crippen molar-refractivity contribution in [2.75, 3.05) is 21.6 Å². The number of amides is 1. The minimum atomic E-state index is -4.37. The molecule has 1 amide bonds. The van der Waals surface area contributed by atoms with Gasteiger partial charge >= 0.3 is 10.3 Å². The first-order valence-electron chi connectivity index (χ1n) is 9.34. The minimum Gasteiger partial charge on any atom is -0.373 e. The third kappa shape index (κ3) is 9.88. The summed E-state index contributed by atoms with van der Waals surface area (Å²) in [5.41, 5.74) is 6.47. The number of carbonyl (C=O) groups is 2. The van der Waals surface area contributed by atoms with E-state index in [9.17, 15) is 18.0 Å². The quantitative estimate of drug-likeness (QED) is 0.0466. The number of hydrogen-bond acceptors (Lipinski definition) is 8. The number of nitrogens with one attached hydrogen (secondary N) is 5. The lowest BCUT2D eigenvalue weighted by atomic mass is 10.1. The maximum absolute atomic E-state index is 12.2. The number of aldehydes is 1. The molecule has 0 heterocycles. The van der Waals surface area contributed by atoms with Crippen LogP contribution in [-0.4, -0.2) is 41.9 Å². The second-order valence-electron chi connectivity index (χ2n) is 6.61. The molecule has 178 valence electrons. The Hall–Kier alpha value is -2.52. The lowest BCUT2D eigenvalue weighted by Gasteiger charge is -2.21. The summed E-state index contributed by atoms with van der Waals surface area (Å²) in [6.45, 7) is 0. The fraction of sp³-hybridized carbons (Fsp3) is 0.211. The van der Waals surface area contributed by atoms with Crippen molar-refractivity contribution in [3.8, 4) is 0 Å². The van der Waals surface area contributed by atoms with Gasteiger partial charge in [-0.1, -0.05) is 6.07 Å². The van der Waals surface area contributed by atoms with Gasteiger partial charge in [-0.2, -0.15) is 21.0 Å². The van der Waals surface area contributed by atoms with Gasteiger partial charge in [0.1, 0.15) is 6.29 Å². The number of thioether (sulfide) groups is 1. The van der Waals surface area contributed by atoms with Crippen LogP contribution in [0.25, 0.3) is 0 Å². The molecule has 0 saturated carbocycles. The predicted molar refractivity (Wildman–Crippen MR) is 138 cm³/mol. The fourth-order valence-corrected chi connectivity index (χ4v) is 3.94. The van der Waals surface area contributed by atoms with E-state index in [1.807, 2.05) is 35.2 Å². The minimum absolute atomic E-state index is 0.154. The van der Waals surface area contributed by atoms with Crippen LogP contribution in [0.4, 0.5) is 17.1 Å². The van der Waals surface area contributed by atoms with Crippen LogP contribution in [0.15, 0.2) is 53.4 Å². The van der Waals surface area contributed by atoms with Crippen LogP contribution in [0.5, 0.6) is 0 Å². The van der Waals surface area contributed by atoms with E-state index in [0.29, 0.717) is 12.0 Å². The molecule has 33 heavy (non-hydrogen) atoms. The highest BCUT2D eigenvalue weighted by Crippen LogP contribution is 2.20. The Kier molecular flexibility index (Phi) is 10.2. The maximum atomic E-state index is 12.2. The highest BCUT2D eigenvalue weighted by atomic mass is 32.2. The topological polar surface area (TPSA) is 149 Å². The van der Waals surface area contributed by atoms with Crippen molar-refractivity contribution in [3.63, 3.8) is 0 Å². The van der Waals surface area contributed by atoms with E-state index in [0.717, 1.165) is 10.6 Å². The Labute approximate surface area is 206 Å². The number of carbonyl (C=O) groups excluding carboxylic acids is 2. The Balaban J connectivity index is 1.82. The summed E-state index contributed by atoms with van der Waals surface area (Å²) in [5, 5.41) is 5.38. The van der Waals surface area contributed by atoms with Gasteiger partial charge in [0.05, 0.1) is 17.0 Å². The van der Waals surface area contributed by atoms with Crippen LogP contribution < -0.4 is 26.2 Å². The van der Waals surface area contributed by atoms with Crippen LogP contribution >= 0.6 is 36.6 Å². The molecule has 0 aliphatic heterocycles. The average Bonchev–Trinajstić information content (AvgIpc) is 2.76. The summed E-state index contributed by atoms with van der Waals surface area (Å²) in [7, 11) is -4.37. The van der Waals surface area contributed by atoms with Crippen LogP contribution in [0.1, 0.15) is 6.42 Å². The first-order valence-corrected chi connectivity index (χ1v) is 12.9. The van der Waals surface area contributed by atoms with E-state index < -0.39 is 27.5 Å².